The molecule has 0 saturated heterocycles. The summed E-state index contributed by atoms with van der Waals surface area (Å²) in [4.78, 5) is 0. The predicted molar refractivity (Wildman–Crippen MR) is 224 cm³/mol. The monoisotopic (exact) mass is 699 g/mol. The van der Waals surface area contributed by atoms with Gasteiger partial charge in [0.1, 0.15) is 6.07 Å². The van der Waals surface area contributed by atoms with Gasteiger partial charge in [0.05, 0.1) is 61.7 Å². The summed E-state index contributed by atoms with van der Waals surface area (Å²) < 4.78 is 6.94. The van der Waals surface area contributed by atoms with E-state index in [1.807, 2.05) is 36.4 Å². The van der Waals surface area contributed by atoms with Crippen molar-refractivity contribution in [3.8, 4) is 40.3 Å². The SMILES string of the molecule is N#Cc1ccc2c(c1)c1ccccc1n2-c1ccc(-c2cccc(C#N)c2-n2c3ccccc3c3cccc(-n4c5ccccc5c5ccccc54)c32)cc1. The van der Waals surface area contributed by atoms with Gasteiger partial charge in [-0.15, -0.1) is 0 Å². The van der Waals surface area contributed by atoms with E-state index in [0.29, 0.717) is 11.1 Å². The highest BCUT2D eigenvalue weighted by molar-refractivity contribution is 6.15. The largest absolute Gasteiger partial charge is 0.309 e. The second kappa shape index (κ2) is 11.8. The van der Waals surface area contributed by atoms with Gasteiger partial charge in [-0.05, 0) is 72.3 Å². The lowest BCUT2D eigenvalue weighted by Gasteiger charge is -2.18. The van der Waals surface area contributed by atoms with Gasteiger partial charge in [0.25, 0.3) is 0 Å². The minimum Gasteiger partial charge on any atom is -0.309 e. The van der Waals surface area contributed by atoms with Gasteiger partial charge in [0.15, 0.2) is 0 Å². The quantitative estimate of drug-likeness (QED) is 0.184. The normalized spacial score (nSPS) is 11.6. The lowest BCUT2D eigenvalue weighted by Crippen LogP contribution is -2.04. The summed E-state index contributed by atoms with van der Waals surface area (Å²) in [6.45, 7) is 0. The summed E-state index contributed by atoms with van der Waals surface area (Å²) in [6, 6.07) is 65.9. The van der Waals surface area contributed by atoms with Crippen LogP contribution in [0.25, 0.3) is 93.6 Å². The van der Waals surface area contributed by atoms with E-state index in [0.717, 1.165) is 82.8 Å². The van der Waals surface area contributed by atoms with Gasteiger partial charge in [-0.3, -0.25) is 0 Å². The number of aromatic nitrogens is 3. The van der Waals surface area contributed by atoms with Crippen molar-refractivity contribution in [2.45, 2.75) is 0 Å². The molecule has 0 unspecified atom stereocenters. The molecular weight excluding hydrogens is 671 g/mol. The molecule has 0 aliphatic rings. The molecule has 5 nitrogen and oxygen atoms in total. The van der Waals surface area contributed by atoms with Gasteiger partial charge in [-0.1, -0.05) is 109 Å². The minimum atomic E-state index is 0.594. The van der Waals surface area contributed by atoms with Crippen LogP contribution in [0.3, 0.4) is 0 Å². The topological polar surface area (TPSA) is 62.4 Å². The van der Waals surface area contributed by atoms with E-state index in [1.54, 1.807) is 0 Å². The maximum absolute atomic E-state index is 10.8. The molecule has 0 spiro atoms. The average Bonchev–Trinajstić information content (AvgIpc) is 3.89. The lowest BCUT2D eigenvalue weighted by atomic mass is 9.99. The Morgan fingerprint density at radius 2 is 0.909 bits per heavy atom. The average molecular weight is 700 g/mol. The first-order valence-electron chi connectivity index (χ1n) is 18.3. The number of hydrogen-bond donors (Lipinski definition) is 0. The van der Waals surface area contributed by atoms with Crippen LogP contribution in [0.5, 0.6) is 0 Å². The molecule has 3 heterocycles. The zero-order valence-corrected chi connectivity index (χ0v) is 29.5. The van der Waals surface area contributed by atoms with Crippen LogP contribution >= 0.6 is 0 Å². The molecule has 0 fully saturated rings. The van der Waals surface area contributed by atoms with Crippen LogP contribution in [-0.4, -0.2) is 13.7 Å². The first-order valence-corrected chi connectivity index (χ1v) is 18.3. The summed E-state index contributed by atoms with van der Waals surface area (Å²) in [5.41, 5.74) is 12.6. The maximum Gasteiger partial charge on any atom is 0.101 e. The fourth-order valence-electron chi connectivity index (χ4n) is 8.81. The van der Waals surface area contributed by atoms with E-state index in [9.17, 15) is 10.5 Å². The number of para-hydroxylation sites is 6. The smallest absolute Gasteiger partial charge is 0.101 e. The maximum atomic E-state index is 10.8. The van der Waals surface area contributed by atoms with Gasteiger partial charge in [-0.2, -0.15) is 10.5 Å². The highest BCUT2D eigenvalue weighted by Gasteiger charge is 2.23. The molecule has 0 N–H and O–H groups in total. The predicted octanol–water partition coefficient (Wildman–Crippen LogP) is 12.4. The van der Waals surface area contributed by atoms with Crippen molar-refractivity contribution in [3.05, 3.63) is 187 Å². The van der Waals surface area contributed by atoms with E-state index in [1.165, 1.54) is 10.8 Å². The van der Waals surface area contributed by atoms with Crippen molar-refractivity contribution in [1.29, 1.82) is 10.5 Å². The highest BCUT2D eigenvalue weighted by atomic mass is 15.1. The zero-order valence-electron chi connectivity index (χ0n) is 29.5. The van der Waals surface area contributed by atoms with Crippen LogP contribution in [0.1, 0.15) is 11.1 Å². The van der Waals surface area contributed by atoms with Crippen LogP contribution in [0, 0.1) is 22.7 Å². The van der Waals surface area contributed by atoms with Gasteiger partial charge in [0.2, 0.25) is 0 Å². The second-order valence-electron chi connectivity index (χ2n) is 14.0. The Kier molecular flexibility index (Phi) is 6.61. The molecule has 0 aliphatic carbocycles. The van der Waals surface area contributed by atoms with E-state index >= 15 is 0 Å². The molecule has 55 heavy (non-hydrogen) atoms. The molecule has 3 aromatic heterocycles. The van der Waals surface area contributed by atoms with Crippen LogP contribution in [0.4, 0.5) is 0 Å². The number of rotatable bonds is 4. The van der Waals surface area contributed by atoms with E-state index in [2.05, 4.69) is 165 Å². The van der Waals surface area contributed by atoms with Gasteiger partial charge >= 0.3 is 0 Å². The third-order valence-electron chi connectivity index (χ3n) is 11.1. The van der Waals surface area contributed by atoms with Crippen LogP contribution < -0.4 is 0 Å². The Bertz CT molecular complexity index is 3400. The number of nitriles is 2. The van der Waals surface area contributed by atoms with Gasteiger partial charge in [0, 0.05) is 43.6 Å². The Hall–Kier alpha value is -7.86. The molecule has 0 aliphatic heterocycles. The molecule has 0 radical (unpaired) electrons. The van der Waals surface area contributed by atoms with Gasteiger partial charge < -0.3 is 13.7 Å². The van der Waals surface area contributed by atoms with Crippen molar-refractivity contribution in [1.82, 2.24) is 13.7 Å². The van der Waals surface area contributed by atoms with Gasteiger partial charge in [-0.25, -0.2) is 0 Å². The lowest BCUT2D eigenvalue weighted by molar-refractivity contribution is 1.12. The molecular formula is C50H29N5. The third kappa shape index (κ3) is 4.39. The zero-order chi connectivity index (χ0) is 36.6. The molecule has 0 bridgehead atoms. The van der Waals surface area contributed by atoms with Crippen molar-refractivity contribution in [2.24, 2.45) is 0 Å². The minimum absolute atomic E-state index is 0.594. The van der Waals surface area contributed by atoms with E-state index < -0.39 is 0 Å². The van der Waals surface area contributed by atoms with E-state index in [4.69, 9.17) is 0 Å². The Morgan fingerprint density at radius 3 is 1.55 bits per heavy atom. The summed E-state index contributed by atoms with van der Waals surface area (Å²) in [5, 5.41) is 27.2. The first-order chi connectivity index (χ1) is 27.2. The van der Waals surface area contributed by atoms with Crippen LogP contribution in [-0.2, 0) is 0 Å². The van der Waals surface area contributed by atoms with Crippen molar-refractivity contribution in [2.75, 3.05) is 0 Å². The highest BCUT2D eigenvalue weighted by Crippen LogP contribution is 2.42. The van der Waals surface area contributed by atoms with Crippen molar-refractivity contribution >= 4 is 65.4 Å². The Morgan fingerprint density at radius 1 is 0.382 bits per heavy atom. The number of fused-ring (bicyclic) bond motifs is 9. The molecule has 0 saturated carbocycles. The summed E-state index contributed by atoms with van der Waals surface area (Å²) in [5.74, 6) is 0. The van der Waals surface area contributed by atoms with Crippen LogP contribution in [0.2, 0.25) is 0 Å². The molecule has 254 valence electrons. The molecule has 11 aromatic rings. The Balaban J connectivity index is 1.18. The van der Waals surface area contributed by atoms with Crippen molar-refractivity contribution in [3.63, 3.8) is 0 Å². The fraction of sp³-hybridized carbons (Fsp3) is 0. The number of nitrogens with zero attached hydrogens (tertiary/aromatic N) is 5. The summed E-state index contributed by atoms with van der Waals surface area (Å²) in [6.07, 6.45) is 0. The summed E-state index contributed by atoms with van der Waals surface area (Å²) >= 11 is 0. The second-order valence-corrected chi connectivity index (χ2v) is 14.0. The fourth-order valence-corrected chi connectivity index (χ4v) is 8.81. The molecule has 0 atom stereocenters. The third-order valence-corrected chi connectivity index (χ3v) is 11.1. The van der Waals surface area contributed by atoms with E-state index in [-0.39, 0.29) is 0 Å². The Labute approximate surface area is 316 Å². The molecule has 8 aromatic carbocycles. The van der Waals surface area contributed by atoms with Crippen LogP contribution in [0.15, 0.2) is 176 Å². The summed E-state index contributed by atoms with van der Waals surface area (Å²) in [7, 11) is 0. The molecule has 5 heteroatoms. The number of benzene rings is 8. The number of hydrogen-bond acceptors (Lipinski definition) is 2. The first kappa shape index (κ1) is 30.7. The molecule has 0 amide bonds. The van der Waals surface area contributed by atoms with Crippen molar-refractivity contribution < 1.29 is 0 Å². The standard InChI is InChI=1S/C50H29N5/c51-30-32-23-28-47-42(29-32)40-15-4-5-18-43(40)53(47)35-26-24-33(25-27-35)36-16-9-11-34(31-52)49(36)55-46-21-8-3-14-39(46)41-17-10-22-48(50(41)55)54-44-19-6-1-12-37(44)38-13-2-7-20-45(38)54/h1-29H. The molecule has 11 rings (SSSR count).